The summed E-state index contributed by atoms with van der Waals surface area (Å²) in [7, 11) is 0. The molecule has 1 aliphatic rings. The van der Waals surface area contributed by atoms with E-state index in [0.717, 1.165) is 26.1 Å². The average molecular weight is 168 g/mol. The van der Waals surface area contributed by atoms with Gasteiger partial charge in [0, 0.05) is 26.2 Å². The number of hydrogen-bond acceptors (Lipinski definition) is 3. The van der Waals surface area contributed by atoms with Gasteiger partial charge in [-0.3, -0.25) is 4.90 Å². The first-order chi connectivity index (χ1) is 5.86. The summed E-state index contributed by atoms with van der Waals surface area (Å²) in [6, 6.07) is 0. The molecule has 0 spiro atoms. The van der Waals surface area contributed by atoms with Crippen molar-refractivity contribution < 1.29 is 4.74 Å². The first-order valence-electron chi connectivity index (χ1n) is 4.34. The topological polar surface area (TPSA) is 38.5 Å². The fourth-order valence-corrected chi connectivity index (χ4v) is 1.39. The zero-order valence-corrected chi connectivity index (χ0v) is 7.33. The Bertz CT molecular complexity index is 164. The summed E-state index contributed by atoms with van der Waals surface area (Å²) in [5.74, 6) is 2.64. The highest BCUT2D eigenvalue weighted by Crippen LogP contribution is 2.03. The van der Waals surface area contributed by atoms with Crippen LogP contribution in [0.15, 0.2) is 0 Å². The Hall–Kier alpha value is -0.560. The molecule has 2 N–H and O–H groups in total. The Morgan fingerprint density at radius 2 is 2.50 bits per heavy atom. The largest absolute Gasteiger partial charge is 0.376 e. The Morgan fingerprint density at radius 1 is 1.67 bits per heavy atom. The average Bonchev–Trinajstić information content (AvgIpc) is 2.30. The van der Waals surface area contributed by atoms with Gasteiger partial charge in [0.2, 0.25) is 0 Å². The zero-order chi connectivity index (χ0) is 8.81. The number of rotatable bonds is 2. The van der Waals surface area contributed by atoms with Crippen LogP contribution in [0.4, 0.5) is 0 Å². The number of terminal acetylenes is 1. The predicted molar refractivity (Wildman–Crippen MR) is 48.7 cm³/mol. The molecule has 1 aliphatic heterocycles. The van der Waals surface area contributed by atoms with Crippen molar-refractivity contribution in [1.29, 1.82) is 0 Å². The molecule has 1 saturated heterocycles. The molecule has 0 amide bonds. The van der Waals surface area contributed by atoms with Gasteiger partial charge in [0.1, 0.15) is 0 Å². The second-order valence-electron chi connectivity index (χ2n) is 3.02. The van der Waals surface area contributed by atoms with E-state index >= 15 is 0 Å². The van der Waals surface area contributed by atoms with Crippen LogP contribution in [0.25, 0.3) is 0 Å². The second kappa shape index (κ2) is 5.15. The van der Waals surface area contributed by atoms with E-state index in [4.69, 9.17) is 16.9 Å². The summed E-state index contributed by atoms with van der Waals surface area (Å²) >= 11 is 0. The maximum absolute atomic E-state index is 5.53. The van der Waals surface area contributed by atoms with Gasteiger partial charge in [-0.15, -0.1) is 6.42 Å². The molecule has 0 aliphatic carbocycles. The van der Waals surface area contributed by atoms with Crippen molar-refractivity contribution in [3.8, 4) is 12.3 Å². The van der Waals surface area contributed by atoms with Crippen molar-refractivity contribution in [2.75, 3.05) is 32.8 Å². The highest BCUT2D eigenvalue weighted by atomic mass is 16.5. The number of hydrogen-bond donors (Lipinski definition) is 1. The molecule has 0 aromatic rings. The quantitative estimate of drug-likeness (QED) is 0.574. The lowest BCUT2D eigenvalue weighted by Gasteiger charge is -2.20. The van der Waals surface area contributed by atoms with E-state index in [9.17, 15) is 0 Å². The Morgan fingerprint density at radius 3 is 3.17 bits per heavy atom. The molecular weight excluding hydrogens is 152 g/mol. The molecule has 3 heteroatoms. The van der Waals surface area contributed by atoms with Gasteiger partial charge in [-0.1, -0.05) is 5.92 Å². The Balaban J connectivity index is 2.37. The van der Waals surface area contributed by atoms with Gasteiger partial charge in [0.15, 0.2) is 0 Å². The molecule has 1 heterocycles. The Labute approximate surface area is 73.9 Å². The van der Waals surface area contributed by atoms with Crippen LogP contribution in [0.3, 0.4) is 0 Å². The van der Waals surface area contributed by atoms with E-state index in [1.54, 1.807) is 0 Å². The molecule has 0 bridgehead atoms. The lowest BCUT2D eigenvalue weighted by Crippen LogP contribution is -2.36. The standard InChI is InChI=1S/C9H16N2O/c1-2-4-11-5-3-6-12-9(7-10)8-11/h1,9H,3-8,10H2. The summed E-state index contributed by atoms with van der Waals surface area (Å²) < 4.78 is 5.49. The van der Waals surface area contributed by atoms with E-state index in [1.807, 2.05) is 0 Å². The van der Waals surface area contributed by atoms with E-state index < -0.39 is 0 Å². The van der Waals surface area contributed by atoms with Gasteiger partial charge < -0.3 is 10.5 Å². The summed E-state index contributed by atoms with van der Waals surface area (Å²) in [5, 5.41) is 0. The van der Waals surface area contributed by atoms with Crippen LogP contribution in [0.1, 0.15) is 6.42 Å². The first kappa shape index (κ1) is 9.53. The van der Waals surface area contributed by atoms with Gasteiger partial charge in [-0.05, 0) is 6.42 Å². The fraction of sp³-hybridized carbons (Fsp3) is 0.778. The SMILES string of the molecule is C#CCN1CCCOC(CN)C1. The van der Waals surface area contributed by atoms with E-state index in [-0.39, 0.29) is 6.10 Å². The van der Waals surface area contributed by atoms with Crippen molar-refractivity contribution in [2.24, 2.45) is 5.73 Å². The van der Waals surface area contributed by atoms with Gasteiger partial charge in [-0.25, -0.2) is 0 Å². The monoisotopic (exact) mass is 168 g/mol. The van der Waals surface area contributed by atoms with Crippen LogP contribution in [0.2, 0.25) is 0 Å². The van der Waals surface area contributed by atoms with Crippen molar-refractivity contribution >= 4 is 0 Å². The molecule has 12 heavy (non-hydrogen) atoms. The third-order valence-corrected chi connectivity index (χ3v) is 2.01. The first-order valence-corrected chi connectivity index (χ1v) is 4.34. The van der Waals surface area contributed by atoms with Crippen molar-refractivity contribution in [3.63, 3.8) is 0 Å². The lowest BCUT2D eigenvalue weighted by atomic mass is 10.3. The molecule has 68 valence electrons. The molecule has 0 saturated carbocycles. The summed E-state index contributed by atoms with van der Waals surface area (Å²) in [5.41, 5.74) is 5.53. The van der Waals surface area contributed by atoms with Crippen LogP contribution in [0, 0.1) is 12.3 Å². The maximum Gasteiger partial charge on any atom is 0.0824 e. The minimum Gasteiger partial charge on any atom is -0.376 e. The molecule has 1 unspecified atom stereocenters. The predicted octanol–water partition coefficient (Wildman–Crippen LogP) is -0.331. The Kier molecular flexibility index (Phi) is 4.09. The normalized spacial score (nSPS) is 26.2. The van der Waals surface area contributed by atoms with Crippen molar-refractivity contribution in [3.05, 3.63) is 0 Å². The van der Waals surface area contributed by atoms with E-state index in [1.165, 1.54) is 0 Å². The van der Waals surface area contributed by atoms with Crippen molar-refractivity contribution in [2.45, 2.75) is 12.5 Å². The molecule has 1 fully saturated rings. The minimum absolute atomic E-state index is 0.167. The van der Waals surface area contributed by atoms with Gasteiger partial charge in [0.25, 0.3) is 0 Å². The second-order valence-corrected chi connectivity index (χ2v) is 3.02. The van der Waals surface area contributed by atoms with Crippen LogP contribution < -0.4 is 5.73 Å². The number of nitrogens with zero attached hydrogens (tertiary/aromatic N) is 1. The van der Waals surface area contributed by atoms with Crippen LogP contribution in [0.5, 0.6) is 0 Å². The van der Waals surface area contributed by atoms with E-state index in [0.29, 0.717) is 13.1 Å². The molecule has 0 aromatic carbocycles. The maximum atomic E-state index is 5.53. The van der Waals surface area contributed by atoms with Crippen LogP contribution in [-0.2, 0) is 4.74 Å². The lowest BCUT2D eigenvalue weighted by molar-refractivity contribution is 0.0622. The molecule has 1 rings (SSSR count). The van der Waals surface area contributed by atoms with Crippen molar-refractivity contribution in [1.82, 2.24) is 4.90 Å². The number of ether oxygens (including phenoxy) is 1. The third kappa shape index (κ3) is 2.82. The summed E-state index contributed by atoms with van der Waals surface area (Å²) in [6.07, 6.45) is 6.45. The van der Waals surface area contributed by atoms with Gasteiger partial charge in [-0.2, -0.15) is 0 Å². The molecule has 3 nitrogen and oxygen atoms in total. The molecule has 0 aromatic heterocycles. The highest BCUT2D eigenvalue weighted by molar-refractivity contribution is 4.89. The van der Waals surface area contributed by atoms with E-state index in [2.05, 4.69) is 10.8 Å². The third-order valence-electron chi connectivity index (χ3n) is 2.01. The zero-order valence-electron chi connectivity index (χ0n) is 7.33. The van der Waals surface area contributed by atoms with Gasteiger partial charge in [0.05, 0.1) is 12.6 Å². The molecular formula is C9H16N2O. The summed E-state index contributed by atoms with van der Waals surface area (Å²) in [6.45, 7) is 4.01. The van der Waals surface area contributed by atoms with Gasteiger partial charge >= 0.3 is 0 Å². The number of nitrogens with two attached hydrogens (primary N) is 1. The smallest absolute Gasteiger partial charge is 0.0824 e. The van der Waals surface area contributed by atoms with Crippen LogP contribution >= 0.6 is 0 Å². The van der Waals surface area contributed by atoms with Crippen LogP contribution in [-0.4, -0.2) is 43.8 Å². The molecule has 0 radical (unpaired) electrons. The summed E-state index contributed by atoms with van der Waals surface area (Å²) in [4.78, 5) is 2.21. The fourth-order valence-electron chi connectivity index (χ4n) is 1.39. The minimum atomic E-state index is 0.167. The highest BCUT2D eigenvalue weighted by Gasteiger charge is 2.15. The molecule has 1 atom stereocenters.